The normalized spacial score (nSPS) is 14.7. The molecule has 0 saturated heterocycles. The number of hydrogen-bond donors (Lipinski definition) is 0. The third kappa shape index (κ3) is 2.99. The molecule has 1 heterocycles. The maximum absolute atomic E-state index is 6.00. The van der Waals surface area contributed by atoms with E-state index in [1.165, 1.54) is 0 Å². The van der Waals surface area contributed by atoms with E-state index in [-0.39, 0.29) is 11.5 Å². The van der Waals surface area contributed by atoms with Crippen LogP contribution in [-0.2, 0) is 4.43 Å². The first kappa shape index (κ1) is 11.5. The minimum absolute atomic E-state index is 0.0872. The molecule has 0 N–H and O–H groups in total. The molecule has 1 atom stereocenters. The van der Waals surface area contributed by atoms with Crippen molar-refractivity contribution in [3.8, 4) is 0 Å². The molecule has 0 aliphatic carbocycles. The van der Waals surface area contributed by atoms with Gasteiger partial charge < -0.3 is 8.84 Å². The van der Waals surface area contributed by atoms with Gasteiger partial charge in [0.25, 0.3) is 0 Å². The molecule has 0 aliphatic heterocycles. The van der Waals surface area contributed by atoms with Gasteiger partial charge in [-0.1, -0.05) is 20.8 Å². The van der Waals surface area contributed by atoms with Crippen molar-refractivity contribution in [2.75, 3.05) is 0 Å². The molecule has 0 saturated carbocycles. The Morgan fingerprint density at radius 1 is 1.36 bits per heavy atom. The van der Waals surface area contributed by atoms with Crippen molar-refractivity contribution in [3.05, 3.63) is 24.2 Å². The molecule has 0 aliphatic rings. The Hall–Kier alpha value is -0.543. The fourth-order valence-electron chi connectivity index (χ4n) is 1.41. The Bertz CT molecular complexity index is 259. The lowest BCUT2D eigenvalue weighted by atomic mass is 9.88. The fourth-order valence-corrected chi connectivity index (χ4v) is 2.50. The molecule has 1 rings (SSSR count). The Morgan fingerprint density at radius 2 is 2.00 bits per heavy atom. The van der Waals surface area contributed by atoms with Crippen molar-refractivity contribution >= 4 is 9.04 Å². The van der Waals surface area contributed by atoms with Gasteiger partial charge in [-0.05, 0) is 30.6 Å². The molecule has 2 nitrogen and oxygen atoms in total. The highest BCUT2D eigenvalue weighted by atomic mass is 28.3. The number of rotatable bonds is 3. The monoisotopic (exact) mass is 212 g/mol. The van der Waals surface area contributed by atoms with Crippen molar-refractivity contribution in [3.63, 3.8) is 0 Å². The van der Waals surface area contributed by atoms with E-state index in [1.54, 1.807) is 6.26 Å². The third-order valence-corrected chi connectivity index (χ3v) is 2.81. The zero-order valence-electron chi connectivity index (χ0n) is 9.70. The van der Waals surface area contributed by atoms with E-state index in [1.807, 2.05) is 12.1 Å². The van der Waals surface area contributed by atoms with Crippen LogP contribution < -0.4 is 0 Å². The first-order chi connectivity index (χ1) is 6.41. The van der Waals surface area contributed by atoms with Crippen LogP contribution in [0, 0.1) is 5.41 Å². The van der Waals surface area contributed by atoms with Gasteiger partial charge in [0.05, 0.1) is 6.26 Å². The van der Waals surface area contributed by atoms with E-state index in [0.29, 0.717) is 0 Å². The molecule has 1 aromatic rings. The highest BCUT2D eigenvalue weighted by Crippen LogP contribution is 2.36. The molecule has 1 unspecified atom stereocenters. The predicted molar refractivity (Wildman–Crippen MR) is 60.9 cm³/mol. The minimum Gasteiger partial charge on any atom is -0.467 e. The number of furan rings is 1. The summed E-state index contributed by atoms with van der Waals surface area (Å²) < 4.78 is 11.4. The summed E-state index contributed by atoms with van der Waals surface area (Å²) >= 11 is 0. The van der Waals surface area contributed by atoms with Gasteiger partial charge in [0.1, 0.15) is 11.9 Å². The zero-order valence-corrected chi connectivity index (χ0v) is 10.9. The second-order valence-corrected chi connectivity index (χ2v) is 7.32. The van der Waals surface area contributed by atoms with Gasteiger partial charge in [-0.2, -0.15) is 0 Å². The maximum atomic E-state index is 6.00. The molecule has 0 amide bonds. The van der Waals surface area contributed by atoms with Crippen molar-refractivity contribution in [1.82, 2.24) is 0 Å². The highest BCUT2D eigenvalue weighted by Gasteiger charge is 2.29. The van der Waals surface area contributed by atoms with Crippen LogP contribution in [0.5, 0.6) is 0 Å². The summed E-state index contributed by atoms with van der Waals surface area (Å²) in [6.45, 7) is 10.9. The van der Waals surface area contributed by atoms with Crippen LogP contribution in [0.1, 0.15) is 32.6 Å². The highest BCUT2D eigenvalue weighted by molar-refractivity contribution is 6.48. The summed E-state index contributed by atoms with van der Waals surface area (Å²) in [5, 5.41) is 0. The van der Waals surface area contributed by atoms with Gasteiger partial charge in [0.15, 0.2) is 9.04 Å². The van der Waals surface area contributed by atoms with Crippen LogP contribution >= 0.6 is 0 Å². The number of hydrogen-bond acceptors (Lipinski definition) is 2. The summed E-state index contributed by atoms with van der Waals surface area (Å²) in [5.41, 5.74) is 0.0924. The van der Waals surface area contributed by atoms with Gasteiger partial charge >= 0.3 is 0 Å². The molecule has 0 spiro atoms. The molecule has 0 aromatic carbocycles. The van der Waals surface area contributed by atoms with Gasteiger partial charge in [-0.15, -0.1) is 0 Å². The Labute approximate surface area is 88.0 Å². The van der Waals surface area contributed by atoms with E-state index < -0.39 is 9.04 Å². The first-order valence-corrected chi connectivity index (χ1v) is 7.88. The van der Waals surface area contributed by atoms with E-state index in [2.05, 4.69) is 33.9 Å². The van der Waals surface area contributed by atoms with Crippen molar-refractivity contribution in [2.45, 2.75) is 40.0 Å². The summed E-state index contributed by atoms with van der Waals surface area (Å²) in [6.07, 6.45) is 1.79. The molecule has 0 radical (unpaired) electrons. The van der Waals surface area contributed by atoms with Gasteiger partial charge in [0.2, 0.25) is 0 Å². The zero-order chi connectivity index (χ0) is 10.8. The van der Waals surface area contributed by atoms with E-state index in [9.17, 15) is 0 Å². The average molecular weight is 212 g/mol. The van der Waals surface area contributed by atoms with E-state index in [0.717, 1.165) is 5.76 Å². The van der Waals surface area contributed by atoms with Crippen LogP contribution in [0.25, 0.3) is 0 Å². The van der Waals surface area contributed by atoms with E-state index in [4.69, 9.17) is 8.84 Å². The topological polar surface area (TPSA) is 22.4 Å². The van der Waals surface area contributed by atoms with Gasteiger partial charge in [-0.3, -0.25) is 0 Å². The average Bonchev–Trinajstić information content (AvgIpc) is 2.49. The largest absolute Gasteiger partial charge is 0.467 e. The summed E-state index contributed by atoms with van der Waals surface area (Å²) in [5.74, 6) is 0.943. The van der Waals surface area contributed by atoms with Crippen molar-refractivity contribution in [2.24, 2.45) is 5.41 Å². The summed E-state index contributed by atoms with van der Waals surface area (Å²) in [7, 11) is -1.03. The predicted octanol–water partition coefficient (Wildman–Crippen LogP) is 3.37. The second-order valence-electron chi connectivity index (χ2n) is 4.95. The van der Waals surface area contributed by atoms with Crippen molar-refractivity contribution in [1.29, 1.82) is 0 Å². The quantitative estimate of drug-likeness (QED) is 0.717. The van der Waals surface area contributed by atoms with Crippen LogP contribution in [0.2, 0.25) is 13.1 Å². The van der Waals surface area contributed by atoms with Crippen LogP contribution in [0.15, 0.2) is 22.8 Å². The van der Waals surface area contributed by atoms with Crippen LogP contribution in [-0.4, -0.2) is 9.04 Å². The first-order valence-electron chi connectivity index (χ1n) is 5.10. The van der Waals surface area contributed by atoms with Crippen LogP contribution in [0.4, 0.5) is 0 Å². The van der Waals surface area contributed by atoms with Crippen molar-refractivity contribution < 1.29 is 8.84 Å². The molecule has 3 heteroatoms. The molecular formula is C11H20O2Si. The lowest BCUT2D eigenvalue weighted by Crippen LogP contribution is -2.25. The molecular weight excluding hydrogens is 192 g/mol. The molecule has 0 bridgehead atoms. The van der Waals surface area contributed by atoms with Gasteiger partial charge in [-0.25, -0.2) is 0 Å². The van der Waals surface area contributed by atoms with E-state index >= 15 is 0 Å². The van der Waals surface area contributed by atoms with Gasteiger partial charge in [0, 0.05) is 0 Å². The smallest absolute Gasteiger partial charge is 0.172 e. The Balaban J connectivity index is 2.83. The molecule has 80 valence electrons. The SMILES string of the molecule is C[SiH](C)OC(c1ccco1)C(C)(C)C. The fraction of sp³-hybridized carbons (Fsp3) is 0.636. The summed E-state index contributed by atoms with van der Waals surface area (Å²) in [6, 6.07) is 3.91. The van der Waals surface area contributed by atoms with Crippen LogP contribution in [0.3, 0.4) is 0 Å². The Morgan fingerprint density at radius 3 is 2.36 bits per heavy atom. The third-order valence-electron chi connectivity index (χ3n) is 2.00. The summed E-state index contributed by atoms with van der Waals surface area (Å²) in [4.78, 5) is 0. The lowest BCUT2D eigenvalue weighted by molar-refractivity contribution is 0.0662. The standard InChI is InChI=1S/C11H20O2Si/c1-11(2,3)10(13-14(4)5)9-7-6-8-12-9/h6-8,10,14H,1-5H3. The Kier molecular flexibility index (Phi) is 3.56. The minimum atomic E-state index is -1.03. The molecule has 0 fully saturated rings. The lowest BCUT2D eigenvalue weighted by Gasteiger charge is -2.30. The molecule has 14 heavy (non-hydrogen) atoms. The maximum Gasteiger partial charge on any atom is 0.172 e. The second kappa shape index (κ2) is 4.32. The molecule has 1 aromatic heterocycles.